The zero-order chi connectivity index (χ0) is 31.1. The predicted molar refractivity (Wildman–Crippen MR) is 175 cm³/mol. The first-order valence-electron chi connectivity index (χ1n) is 13.5. The van der Waals surface area contributed by atoms with Crippen LogP contribution in [0.1, 0.15) is 0 Å². The standard InChI is InChI=1S/C33H32N6O5/c1-3-21-43-25-17-13-23(14-18-25)34-31(40)36-27-9-5-7-11-29(27)38-33(42)39-30-12-8-6-10-28(30)37-32(41)35-24-15-19-26(20-16-24)44-22-4-2/h3-20H,1-2,21-22H2,(H2,34,36,40)(H2,35,37,41)(H2,38,39,42). The fraction of sp³-hybridized carbons (Fsp3) is 0.0606. The van der Waals surface area contributed by atoms with E-state index >= 15 is 0 Å². The molecule has 0 saturated heterocycles. The van der Waals surface area contributed by atoms with E-state index in [2.05, 4.69) is 45.1 Å². The molecule has 0 aromatic heterocycles. The molecule has 0 radical (unpaired) electrons. The lowest BCUT2D eigenvalue weighted by molar-refractivity contribution is 0.261. The second-order valence-corrected chi connectivity index (χ2v) is 9.08. The SMILES string of the molecule is C=CCOc1ccc(NC(=O)Nc2ccccc2NC(=O)Nc2ccccc2NC(=O)Nc2ccc(OCC=C)cc2)cc1. The molecule has 0 aliphatic rings. The summed E-state index contributed by atoms with van der Waals surface area (Å²) in [5.41, 5.74) is 2.57. The van der Waals surface area contributed by atoms with Crippen LogP contribution >= 0.6 is 0 Å². The van der Waals surface area contributed by atoms with Gasteiger partial charge in [-0.2, -0.15) is 0 Å². The number of carbonyl (C=O) groups excluding carboxylic acids is 3. The molecular weight excluding hydrogens is 560 g/mol. The molecule has 6 N–H and O–H groups in total. The number of anilines is 6. The maximum absolute atomic E-state index is 12.9. The summed E-state index contributed by atoms with van der Waals surface area (Å²) in [7, 11) is 0. The third kappa shape index (κ3) is 9.42. The molecule has 0 heterocycles. The lowest BCUT2D eigenvalue weighted by atomic mass is 10.2. The largest absolute Gasteiger partial charge is 0.490 e. The molecule has 0 fully saturated rings. The number of ether oxygens (including phenoxy) is 2. The van der Waals surface area contributed by atoms with Crippen molar-refractivity contribution in [3.05, 3.63) is 122 Å². The molecule has 0 unspecified atom stereocenters. The molecule has 224 valence electrons. The van der Waals surface area contributed by atoms with E-state index in [1.807, 2.05) is 0 Å². The van der Waals surface area contributed by atoms with Crippen molar-refractivity contribution >= 4 is 52.2 Å². The molecule has 0 bridgehead atoms. The monoisotopic (exact) mass is 592 g/mol. The normalized spacial score (nSPS) is 10.0. The van der Waals surface area contributed by atoms with Gasteiger partial charge in [-0.3, -0.25) is 0 Å². The van der Waals surface area contributed by atoms with E-state index in [9.17, 15) is 14.4 Å². The Kier molecular flexibility index (Phi) is 11.0. The number of benzene rings is 4. The van der Waals surface area contributed by atoms with Crippen LogP contribution in [0.2, 0.25) is 0 Å². The smallest absolute Gasteiger partial charge is 0.323 e. The van der Waals surface area contributed by atoms with E-state index in [1.165, 1.54) is 0 Å². The third-order valence-electron chi connectivity index (χ3n) is 5.81. The van der Waals surface area contributed by atoms with Crippen molar-refractivity contribution in [2.75, 3.05) is 45.1 Å². The van der Waals surface area contributed by atoms with Crippen LogP contribution in [0.5, 0.6) is 11.5 Å². The Hall–Kier alpha value is -6.23. The molecule has 0 saturated carbocycles. The van der Waals surface area contributed by atoms with E-state index < -0.39 is 18.1 Å². The predicted octanol–water partition coefficient (Wildman–Crippen LogP) is 7.75. The Morgan fingerprint density at radius 1 is 0.477 bits per heavy atom. The van der Waals surface area contributed by atoms with Crippen molar-refractivity contribution in [1.29, 1.82) is 0 Å². The highest BCUT2D eigenvalue weighted by Gasteiger charge is 2.13. The Morgan fingerprint density at radius 3 is 1.07 bits per heavy atom. The number of hydrogen-bond acceptors (Lipinski definition) is 5. The third-order valence-corrected chi connectivity index (χ3v) is 5.81. The molecule has 0 atom stereocenters. The summed E-state index contributed by atoms with van der Waals surface area (Å²) in [6.07, 6.45) is 3.29. The minimum absolute atomic E-state index is 0.358. The van der Waals surface area contributed by atoms with Gasteiger partial charge in [0.15, 0.2) is 0 Å². The van der Waals surface area contributed by atoms with Gasteiger partial charge in [0.2, 0.25) is 0 Å². The van der Waals surface area contributed by atoms with Gasteiger partial charge in [0.25, 0.3) is 0 Å². The number of carbonyl (C=O) groups is 3. The molecule has 44 heavy (non-hydrogen) atoms. The maximum atomic E-state index is 12.9. The number of nitrogens with one attached hydrogen (secondary N) is 6. The molecule has 0 aliphatic carbocycles. The quantitative estimate of drug-likeness (QED) is 0.0933. The van der Waals surface area contributed by atoms with E-state index in [0.717, 1.165) is 0 Å². The van der Waals surface area contributed by atoms with Crippen LogP contribution in [0, 0.1) is 0 Å². The summed E-state index contributed by atoms with van der Waals surface area (Å²) < 4.78 is 10.9. The Labute approximate surface area is 255 Å². The van der Waals surface area contributed by atoms with E-state index in [4.69, 9.17) is 9.47 Å². The van der Waals surface area contributed by atoms with Crippen LogP contribution in [-0.4, -0.2) is 31.3 Å². The first-order valence-corrected chi connectivity index (χ1v) is 13.5. The number of para-hydroxylation sites is 4. The number of rotatable bonds is 12. The van der Waals surface area contributed by atoms with Crippen molar-refractivity contribution in [2.45, 2.75) is 0 Å². The summed E-state index contributed by atoms with van der Waals surface area (Å²) in [5.74, 6) is 1.29. The summed E-state index contributed by atoms with van der Waals surface area (Å²) in [6, 6.07) is 25.6. The molecule has 11 nitrogen and oxygen atoms in total. The van der Waals surface area contributed by atoms with Gasteiger partial charge in [-0.1, -0.05) is 49.6 Å². The van der Waals surface area contributed by atoms with Gasteiger partial charge in [0, 0.05) is 11.4 Å². The average molecular weight is 593 g/mol. The van der Waals surface area contributed by atoms with Crippen LogP contribution in [0.3, 0.4) is 0 Å². The minimum Gasteiger partial charge on any atom is -0.490 e. The topological polar surface area (TPSA) is 142 Å². The molecule has 4 aromatic rings. The first-order chi connectivity index (χ1) is 21.4. The van der Waals surface area contributed by atoms with E-state index in [1.54, 1.807) is 109 Å². The van der Waals surface area contributed by atoms with E-state index in [0.29, 0.717) is 58.8 Å². The summed E-state index contributed by atoms with van der Waals surface area (Å²) in [4.78, 5) is 38.2. The zero-order valence-electron chi connectivity index (χ0n) is 23.8. The van der Waals surface area contributed by atoms with Crippen molar-refractivity contribution in [2.24, 2.45) is 0 Å². The number of amides is 6. The molecule has 0 aliphatic heterocycles. The summed E-state index contributed by atoms with van der Waals surface area (Å²) in [5, 5.41) is 16.4. The van der Waals surface area contributed by atoms with Crippen LogP contribution in [0.15, 0.2) is 122 Å². The highest BCUT2D eigenvalue weighted by atomic mass is 16.5. The van der Waals surface area contributed by atoms with Crippen molar-refractivity contribution < 1.29 is 23.9 Å². The minimum atomic E-state index is -0.584. The highest BCUT2D eigenvalue weighted by Crippen LogP contribution is 2.25. The lowest BCUT2D eigenvalue weighted by Crippen LogP contribution is -2.24. The summed E-state index contributed by atoms with van der Waals surface area (Å²) >= 11 is 0. The van der Waals surface area contributed by atoms with Crippen molar-refractivity contribution in [3.8, 4) is 11.5 Å². The highest BCUT2D eigenvalue weighted by molar-refractivity contribution is 6.08. The molecule has 4 rings (SSSR count). The van der Waals surface area contributed by atoms with Gasteiger partial charge < -0.3 is 41.4 Å². The fourth-order valence-electron chi connectivity index (χ4n) is 3.83. The van der Waals surface area contributed by atoms with Crippen molar-refractivity contribution in [1.82, 2.24) is 0 Å². The van der Waals surface area contributed by atoms with Crippen LogP contribution < -0.4 is 41.4 Å². The Balaban J connectivity index is 1.33. The Morgan fingerprint density at radius 2 is 0.773 bits per heavy atom. The molecule has 11 heteroatoms. The molecular formula is C33H32N6O5. The van der Waals surface area contributed by atoms with Gasteiger partial charge in [0.05, 0.1) is 22.7 Å². The molecule has 4 aromatic carbocycles. The maximum Gasteiger partial charge on any atom is 0.323 e. The second-order valence-electron chi connectivity index (χ2n) is 9.08. The van der Waals surface area contributed by atoms with Gasteiger partial charge in [0.1, 0.15) is 24.7 Å². The number of urea groups is 3. The van der Waals surface area contributed by atoms with Crippen LogP contribution in [0.25, 0.3) is 0 Å². The van der Waals surface area contributed by atoms with Gasteiger partial charge in [-0.25, -0.2) is 14.4 Å². The second kappa shape index (κ2) is 15.7. The van der Waals surface area contributed by atoms with Crippen LogP contribution in [-0.2, 0) is 0 Å². The van der Waals surface area contributed by atoms with Gasteiger partial charge in [-0.05, 0) is 72.8 Å². The molecule has 0 spiro atoms. The fourth-order valence-corrected chi connectivity index (χ4v) is 3.83. The average Bonchev–Trinajstić information content (AvgIpc) is 3.02. The molecule has 6 amide bonds. The van der Waals surface area contributed by atoms with Crippen LogP contribution in [0.4, 0.5) is 48.5 Å². The Bertz CT molecular complexity index is 1490. The van der Waals surface area contributed by atoms with Gasteiger partial charge >= 0.3 is 18.1 Å². The van der Waals surface area contributed by atoms with Gasteiger partial charge in [-0.15, -0.1) is 0 Å². The lowest BCUT2D eigenvalue weighted by Gasteiger charge is -2.16. The zero-order valence-corrected chi connectivity index (χ0v) is 23.8. The first kappa shape index (κ1) is 30.7. The summed E-state index contributed by atoms with van der Waals surface area (Å²) in [6.45, 7) is 7.98. The number of hydrogen-bond donors (Lipinski definition) is 6. The van der Waals surface area contributed by atoms with Crippen molar-refractivity contribution in [3.63, 3.8) is 0 Å². The van der Waals surface area contributed by atoms with E-state index in [-0.39, 0.29) is 0 Å².